The molecule has 2 fully saturated rings. The summed E-state index contributed by atoms with van der Waals surface area (Å²) in [5, 5.41) is 0. The molecule has 1 amide bonds. The number of rotatable bonds is 5. The number of piperidine rings is 1. The van der Waals surface area contributed by atoms with Crippen LogP contribution in [0.25, 0.3) is 0 Å². The molecule has 1 atom stereocenters. The summed E-state index contributed by atoms with van der Waals surface area (Å²) in [5.74, 6) is 2.09. The topological polar surface area (TPSA) is 76.2 Å². The fourth-order valence-corrected chi connectivity index (χ4v) is 5.02. The first-order chi connectivity index (χ1) is 12.8. The summed E-state index contributed by atoms with van der Waals surface area (Å²) in [7, 11) is 0.0332. The molecule has 7 nitrogen and oxygen atoms in total. The van der Waals surface area contributed by atoms with Crippen molar-refractivity contribution < 1.29 is 22.7 Å². The average molecular weight is 397 g/mol. The van der Waals surface area contributed by atoms with E-state index in [1.807, 2.05) is 4.90 Å². The van der Waals surface area contributed by atoms with Gasteiger partial charge in [0.05, 0.1) is 20.5 Å². The van der Waals surface area contributed by atoms with Crippen LogP contribution in [0.3, 0.4) is 0 Å². The molecule has 2 heterocycles. The summed E-state index contributed by atoms with van der Waals surface area (Å²) >= 11 is 0. The highest BCUT2D eigenvalue weighted by atomic mass is 32.2. The van der Waals surface area contributed by atoms with Crippen LogP contribution in [0, 0.1) is 11.8 Å². The Morgan fingerprint density at radius 1 is 0.963 bits per heavy atom. The lowest BCUT2D eigenvalue weighted by Gasteiger charge is -2.33. The van der Waals surface area contributed by atoms with E-state index in [-0.39, 0.29) is 5.91 Å². The normalized spacial score (nSPS) is 22.0. The molecule has 0 aliphatic carbocycles. The first-order valence-electron chi connectivity index (χ1n) is 9.29. The summed E-state index contributed by atoms with van der Waals surface area (Å²) in [6.07, 6.45) is 3.97. The van der Waals surface area contributed by atoms with Gasteiger partial charge in [-0.2, -0.15) is 0 Å². The van der Waals surface area contributed by atoms with Gasteiger partial charge in [0.1, 0.15) is 11.5 Å². The third kappa shape index (κ3) is 4.55. The molecule has 0 radical (unpaired) electrons. The van der Waals surface area contributed by atoms with Crippen LogP contribution < -0.4 is 9.47 Å². The Hall–Kier alpha value is -1.80. The molecule has 27 heavy (non-hydrogen) atoms. The zero-order valence-corrected chi connectivity index (χ0v) is 17.0. The van der Waals surface area contributed by atoms with E-state index in [2.05, 4.69) is 0 Å². The molecule has 8 heteroatoms. The van der Waals surface area contributed by atoms with Gasteiger partial charge in [0.25, 0.3) is 5.91 Å². The average Bonchev–Trinajstić information content (AvgIpc) is 3.16. The smallest absolute Gasteiger partial charge is 0.254 e. The molecule has 3 rings (SSSR count). The number of ether oxygens (including phenoxy) is 2. The number of carbonyl (C=O) groups excluding carboxylic acids is 1. The van der Waals surface area contributed by atoms with Crippen molar-refractivity contribution >= 4 is 15.9 Å². The molecular formula is C19H28N2O5S. The van der Waals surface area contributed by atoms with E-state index >= 15 is 0 Å². The zero-order chi connectivity index (χ0) is 19.6. The number of amides is 1. The molecule has 2 aliphatic heterocycles. The third-order valence-corrected chi connectivity index (χ3v) is 7.05. The number of methoxy groups -OCH3 is 2. The van der Waals surface area contributed by atoms with Crippen LogP contribution in [0.2, 0.25) is 0 Å². The standard InChI is InChI=1S/C19H28N2O5S/c1-25-17-10-16(11-18(12-17)26-2)19(22)20-7-4-15(13-20)14-5-8-21(9-6-14)27(3,23)24/h10-12,14-15H,4-9,13H2,1-3H3. The molecule has 0 bridgehead atoms. The summed E-state index contributed by atoms with van der Waals surface area (Å²) < 4.78 is 35.4. The Balaban J connectivity index is 1.62. The molecule has 0 aromatic heterocycles. The molecular weight excluding hydrogens is 368 g/mol. The van der Waals surface area contributed by atoms with E-state index in [0.717, 1.165) is 32.4 Å². The van der Waals surface area contributed by atoms with Gasteiger partial charge in [0, 0.05) is 37.8 Å². The van der Waals surface area contributed by atoms with Gasteiger partial charge in [-0.25, -0.2) is 12.7 Å². The van der Waals surface area contributed by atoms with Gasteiger partial charge in [-0.1, -0.05) is 0 Å². The van der Waals surface area contributed by atoms with Gasteiger partial charge in [0.2, 0.25) is 10.0 Å². The van der Waals surface area contributed by atoms with E-state index in [9.17, 15) is 13.2 Å². The van der Waals surface area contributed by atoms with Crippen molar-refractivity contribution in [2.45, 2.75) is 19.3 Å². The molecule has 0 saturated carbocycles. The van der Waals surface area contributed by atoms with Gasteiger partial charge in [0.15, 0.2) is 0 Å². The fraction of sp³-hybridized carbons (Fsp3) is 0.632. The molecule has 0 N–H and O–H groups in total. The Bertz CT molecular complexity index is 765. The van der Waals surface area contributed by atoms with Gasteiger partial charge in [-0.05, 0) is 43.2 Å². The predicted octanol–water partition coefficient (Wildman–Crippen LogP) is 1.84. The number of benzene rings is 1. The lowest BCUT2D eigenvalue weighted by molar-refractivity contribution is 0.0778. The van der Waals surface area contributed by atoms with Crippen molar-refractivity contribution in [1.82, 2.24) is 9.21 Å². The molecule has 2 saturated heterocycles. The minimum atomic E-state index is -3.10. The highest BCUT2D eigenvalue weighted by molar-refractivity contribution is 7.88. The van der Waals surface area contributed by atoms with Gasteiger partial charge in [-0.3, -0.25) is 4.79 Å². The number of carbonyl (C=O) groups is 1. The van der Waals surface area contributed by atoms with Crippen LogP contribution in [0.15, 0.2) is 18.2 Å². The van der Waals surface area contributed by atoms with Gasteiger partial charge in [-0.15, -0.1) is 0 Å². The van der Waals surface area contributed by atoms with Crippen molar-refractivity contribution in [3.63, 3.8) is 0 Å². The first-order valence-corrected chi connectivity index (χ1v) is 11.1. The zero-order valence-electron chi connectivity index (χ0n) is 16.2. The van der Waals surface area contributed by atoms with Gasteiger partial charge < -0.3 is 14.4 Å². The Labute approximate surface area is 161 Å². The summed E-state index contributed by atoms with van der Waals surface area (Å²) in [6, 6.07) is 5.23. The fourth-order valence-electron chi connectivity index (χ4n) is 4.15. The molecule has 1 unspecified atom stereocenters. The lowest BCUT2D eigenvalue weighted by atomic mass is 9.84. The van der Waals surface area contributed by atoms with Crippen LogP contribution >= 0.6 is 0 Å². The van der Waals surface area contributed by atoms with E-state index in [0.29, 0.717) is 42.0 Å². The van der Waals surface area contributed by atoms with E-state index in [1.165, 1.54) is 6.26 Å². The monoisotopic (exact) mass is 396 g/mol. The summed E-state index contributed by atoms with van der Waals surface area (Å²) in [4.78, 5) is 14.8. The highest BCUT2D eigenvalue weighted by Crippen LogP contribution is 2.33. The maximum Gasteiger partial charge on any atom is 0.254 e. The number of sulfonamides is 1. The molecule has 0 spiro atoms. The van der Waals surface area contributed by atoms with Crippen LogP contribution in [0.5, 0.6) is 11.5 Å². The second-order valence-electron chi connectivity index (χ2n) is 7.40. The predicted molar refractivity (Wildman–Crippen MR) is 103 cm³/mol. The molecule has 150 valence electrons. The van der Waals surface area contributed by atoms with Crippen LogP contribution in [0.1, 0.15) is 29.6 Å². The minimum Gasteiger partial charge on any atom is -0.497 e. The van der Waals surface area contributed by atoms with E-state index in [1.54, 1.807) is 36.7 Å². The van der Waals surface area contributed by atoms with E-state index in [4.69, 9.17) is 9.47 Å². The number of hydrogen-bond acceptors (Lipinski definition) is 5. The SMILES string of the molecule is COc1cc(OC)cc(C(=O)N2CCC(C3CCN(S(C)(=O)=O)CC3)C2)c1. The third-order valence-electron chi connectivity index (χ3n) is 5.74. The van der Waals surface area contributed by atoms with Crippen LogP contribution in [0.4, 0.5) is 0 Å². The first kappa shape index (κ1) is 19.9. The number of nitrogens with zero attached hydrogens (tertiary/aromatic N) is 2. The Morgan fingerprint density at radius 2 is 1.52 bits per heavy atom. The van der Waals surface area contributed by atoms with Gasteiger partial charge >= 0.3 is 0 Å². The van der Waals surface area contributed by atoms with Crippen LogP contribution in [-0.4, -0.2) is 70.2 Å². The minimum absolute atomic E-state index is 0.0109. The number of likely N-dealkylation sites (tertiary alicyclic amines) is 1. The second-order valence-corrected chi connectivity index (χ2v) is 9.38. The number of hydrogen-bond donors (Lipinski definition) is 0. The van der Waals surface area contributed by atoms with E-state index < -0.39 is 10.0 Å². The Kier molecular flexibility index (Phi) is 5.95. The highest BCUT2D eigenvalue weighted by Gasteiger charge is 2.35. The molecule has 1 aromatic rings. The van der Waals surface area contributed by atoms with Crippen molar-refractivity contribution in [1.29, 1.82) is 0 Å². The summed E-state index contributed by atoms with van der Waals surface area (Å²) in [6.45, 7) is 2.62. The van der Waals surface area contributed by atoms with Crippen molar-refractivity contribution in [2.24, 2.45) is 11.8 Å². The van der Waals surface area contributed by atoms with Crippen LogP contribution in [-0.2, 0) is 10.0 Å². The molecule has 1 aromatic carbocycles. The molecule has 2 aliphatic rings. The second kappa shape index (κ2) is 8.06. The largest absolute Gasteiger partial charge is 0.497 e. The Morgan fingerprint density at radius 3 is 2.04 bits per heavy atom. The van der Waals surface area contributed by atoms with Crippen molar-refractivity contribution in [3.8, 4) is 11.5 Å². The van der Waals surface area contributed by atoms with Crippen molar-refractivity contribution in [2.75, 3.05) is 46.7 Å². The summed E-state index contributed by atoms with van der Waals surface area (Å²) in [5.41, 5.74) is 0.568. The lowest BCUT2D eigenvalue weighted by Crippen LogP contribution is -2.40. The maximum absolute atomic E-state index is 12.9. The quantitative estimate of drug-likeness (QED) is 0.759. The maximum atomic E-state index is 12.9. The van der Waals surface area contributed by atoms with Crippen molar-refractivity contribution in [3.05, 3.63) is 23.8 Å².